The Morgan fingerprint density at radius 3 is 1.93 bits per heavy atom. The fourth-order valence-electron chi connectivity index (χ4n) is 6.39. The first-order valence-corrected chi connectivity index (χ1v) is 18.6. The largest absolute Gasteiger partial charge is 0.479 e. The smallest absolute Gasteiger partial charge is 0.416 e. The number of alkyl halides is 3. The third kappa shape index (κ3) is 10.5. The highest BCUT2D eigenvalue weighted by atomic mass is 19.4. The number of hydrogen-bond acceptors (Lipinski definition) is 11. The first-order valence-electron chi connectivity index (χ1n) is 18.6. The number of pyridine rings is 1. The highest BCUT2D eigenvalue weighted by molar-refractivity contribution is 5.95. The second-order valence-electron chi connectivity index (χ2n) is 13.4. The van der Waals surface area contributed by atoms with E-state index in [0.29, 0.717) is 36.2 Å². The van der Waals surface area contributed by atoms with Gasteiger partial charge in [-0.1, -0.05) is 54.6 Å². The number of aryl methyl sites for hydroxylation is 2. The lowest BCUT2D eigenvalue weighted by Gasteiger charge is -2.25. The Balaban J connectivity index is 0.000000214. The molecule has 3 atom stereocenters. The summed E-state index contributed by atoms with van der Waals surface area (Å²) in [6, 6.07) is 24.2. The van der Waals surface area contributed by atoms with Gasteiger partial charge in [0, 0.05) is 18.7 Å². The van der Waals surface area contributed by atoms with Crippen molar-refractivity contribution >= 4 is 36.0 Å². The number of rotatable bonds is 12. The lowest BCUT2D eigenvalue weighted by Crippen LogP contribution is -2.45. The maximum Gasteiger partial charge on any atom is 0.416 e. The van der Waals surface area contributed by atoms with Crippen LogP contribution in [0.4, 0.5) is 13.2 Å². The first kappa shape index (κ1) is 43.0. The number of benzene rings is 3. The summed E-state index contributed by atoms with van der Waals surface area (Å²) in [6.45, 7) is 2.52. The fourth-order valence-corrected chi connectivity index (χ4v) is 6.39. The van der Waals surface area contributed by atoms with Crippen molar-refractivity contribution < 1.29 is 56.8 Å². The summed E-state index contributed by atoms with van der Waals surface area (Å²) in [5.74, 6) is -4.70. The van der Waals surface area contributed by atoms with Gasteiger partial charge in [-0.2, -0.15) is 18.3 Å². The number of carboxylic acid groups (broad SMARTS) is 2. The van der Waals surface area contributed by atoms with Crippen molar-refractivity contribution in [3.63, 3.8) is 0 Å². The number of ether oxygens (including phenoxy) is 3. The quantitative estimate of drug-likeness (QED) is 0.121. The number of aromatic nitrogens is 6. The van der Waals surface area contributed by atoms with E-state index in [4.69, 9.17) is 14.2 Å². The molecule has 0 saturated heterocycles. The normalized spacial score (nSPS) is 14.5. The highest BCUT2D eigenvalue weighted by Crippen LogP contribution is 2.40. The van der Waals surface area contributed by atoms with Crippen LogP contribution < -0.4 is 4.74 Å². The van der Waals surface area contributed by atoms with Gasteiger partial charge in [0.2, 0.25) is 18.1 Å². The highest BCUT2D eigenvalue weighted by Gasteiger charge is 2.41. The third-order valence-electron chi connectivity index (χ3n) is 9.23. The number of esters is 2. The van der Waals surface area contributed by atoms with Crippen molar-refractivity contribution in [1.82, 2.24) is 29.3 Å². The summed E-state index contributed by atoms with van der Waals surface area (Å²) < 4.78 is 59.4. The molecule has 0 radical (unpaired) electrons. The molecular weight excluding hydrogens is 801 g/mol. The molecule has 0 fully saturated rings. The van der Waals surface area contributed by atoms with E-state index in [1.807, 2.05) is 29.8 Å². The zero-order valence-electron chi connectivity index (χ0n) is 32.5. The van der Waals surface area contributed by atoms with Gasteiger partial charge in [0.05, 0.1) is 41.5 Å². The van der Waals surface area contributed by atoms with Crippen LogP contribution in [0, 0.1) is 6.92 Å². The van der Waals surface area contributed by atoms with Crippen molar-refractivity contribution in [2.45, 2.75) is 50.6 Å². The van der Waals surface area contributed by atoms with E-state index in [1.54, 1.807) is 48.5 Å². The number of carbonyl (C=O) groups is 4. The van der Waals surface area contributed by atoms with Crippen LogP contribution in [-0.4, -0.2) is 82.7 Å². The maximum atomic E-state index is 13.6. The van der Waals surface area contributed by atoms with Gasteiger partial charge in [0.15, 0.2) is 5.82 Å². The zero-order chi connectivity index (χ0) is 43.7. The number of halogens is 3. The van der Waals surface area contributed by atoms with Crippen LogP contribution in [-0.2, 0) is 31.8 Å². The zero-order valence-corrected chi connectivity index (χ0v) is 32.5. The number of aliphatic carboxylic acids is 2. The molecule has 0 aliphatic carbocycles. The van der Waals surface area contributed by atoms with E-state index in [2.05, 4.69) is 20.1 Å². The lowest BCUT2D eigenvalue weighted by atomic mass is 9.88. The molecule has 0 unspecified atom stereocenters. The second-order valence-corrected chi connectivity index (χ2v) is 13.4. The topological polar surface area (TPSA) is 198 Å². The summed E-state index contributed by atoms with van der Waals surface area (Å²) in [7, 11) is 1.55. The molecule has 61 heavy (non-hydrogen) atoms. The van der Waals surface area contributed by atoms with Gasteiger partial charge in [-0.05, 0) is 79.9 Å². The predicted octanol–water partition coefficient (Wildman–Crippen LogP) is 6.90. The Kier molecular flexibility index (Phi) is 13.4. The molecule has 18 heteroatoms. The molecular formula is C43H37F3N6O9. The van der Waals surface area contributed by atoms with Crippen molar-refractivity contribution in [3.05, 3.63) is 155 Å². The molecule has 6 aromatic rings. The summed E-state index contributed by atoms with van der Waals surface area (Å²) >= 11 is 0. The van der Waals surface area contributed by atoms with Crippen LogP contribution in [0.3, 0.4) is 0 Å². The van der Waals surface area contributed by atoms with Crippen molar-refractivity contribution in [3.8, 4) is 11.6 Å². The minimum atomic E-state index is -4.42. The van der Waals surface area contributed by atoms with Crippen LogP contribution in [0.1, 0.15) is 73.6 Å². The molecule has 0 bridgehead atoms. The Bertz CT molecular complexity index is 2470. The lowest BCUT2D eigenvalue weighted by molar-refractivity contribution is -0.166. The van der Waals surface area contributed by atoms with Crippen LogP contribution in [0.15, 0.2) is 110 Å². The molecule has 1 aliphatic rings. The van der Waals surface area contributed by atoms with Crippen LogP contribution >= 0.6 is 0 Å². The molecule has 0 saturated carbocycles. The molecule has 15 nitrogen and oxygen atoms in total. The molecule has 3 aromatic carbocycles. The Morgan fingerprint density at radius 2 is 1.39 bits per heavy atom. The maximum absolute atomic E-state index is 13.6. The molecule has 1 aliphatic heterocycles. The number of imidazole rings is 1. The van der Waals surface area contributed by atoms with E-state index in [1.165, 1.54) is 60.7 Å². The number of methoxy groups -OCH3 is 1. The van der Waals surface area contributed by atoms with Gasteiger partial charge in [-0.3, -0.25) is 0 Å². The molecule has 3 aromatic heterocycles. The van der Waals surface area contributed by atoms with Crippen LogP contribution in [0.5, 0.6) is 5.88 Å². The van der Waals surface area contributed by atoms with E-state index in [-0.39, 0.29) is 16.7 Å². The van der Waals surface area contributed by atoms with E-state index >= 15 is 0 Å². The fraction of sp³-hybridized carbons (Fsp3) is 0.209. The summed E-state index contributed by atoms with van der Waals surface area (Å²) in [6.07, 6.45) is -0.507. The van der Waals surface area contributed by atoms with E-state index in [0.717, 1.165) is 23.9 Å². The molecule has 0 spiro atoms. The number of fused-ring (bicyclic) bond motifs is 1. The first-order chi connectivity index (χ1) is 29.2. The van der Waals surface area contributed by atoms with E-state index < -0.39 is 53.7 Å². The minimum absolute atomic E-state index is 0.0253. The van der Waals surface area contributed by atoms with Gasteiger partial charge < -0.3 is 29.0 Å². The monoisotopic (exact) mass is 838 g/mol. The van der Waals surface area contributed by atoms with Crippen LogP contribution in [0.25, 0.3) is 17.8 Å². The standard InChI is InChI=1S/C25H23F3N6O.C18H14O8/c1-16-14-33(15-29-16)21-11-9-17(30-24(21)35-2)10-12-22-31-23-19(7-5-13-34(23)32-22)18-6-3-4-8-20(18)25(26,27)28;19-15(20)13(25-17(23)11-7-3-1-4-8-11)14(16(21)22)26-18(24)12-9-5-2-6-10-12/h3-4,6,8-12,14-15,19H,5,7,13H2,1-2H3;1-10,13-14H,(H,19,20)(H,21,22)/b12-10+;/t19-;13-,14-/m00/s1. The van der Waals surface area contributed by atoms with Crippen molar-refractivity contribution in [1.29, 1.82) is 0 Å². The molecule has 4 heterocycles. The summed E-state index contributed by atoms with van der Waals surface area (Å²) in [5, 5.41) is 23.0. The van der Waals surface area contributed by atoms with Crippen molar-refractivity contribution in [2.24, 2.45) is 0 Å². The number of carbonyl (C=O) groups excluding carboxylic acids is 2. The molecule has 7 rings (SSSR count). The Labute approximate surface area is 345 Å². The SMILES string of the molecule is COc1nc(/C=C/c2nc3n(n2)CCC[C@H]3c2ccccc2C(F)(F)F)ccc1-n1cnc(C)c1.O=C(O[C@H](C(=O)O)[C@H](OC(=O)c1ccccc1)C(=O)O)c1ccccc1. The average molecular weight is 839 g/mol. The van der Waals surface area contributed by atoms with Gasteiger partial charge in [-0.25, -0.2) is 38.8 Å². The number of nitrogens with zero attached hydrogens (tertiary/aromatic N) is 6. The van der Waals surface area contributed by atoms with Gasteiger partial charge in [-0.15, -0.1) is 0 Å². The Morgan fingerprint density at radius 1 is 0.803 bits per heavy atom. The average Bonchev–Trinajstić information content (AvgIpc) is 3.90. The predicted molar refractivity (Wildman–Crippen MR) is 211 cm³/mol. The van der Waals surface area contributed by atoms with Gasteiger partial charge >= 0.3 is 30.1 Å². The number of hydrogen-bond donors (Lipinski definition) is 2. The van der Waals surface area contributed by atoms with Crippen molar-refractivity contribution in [2.75, 3.05) is 7.11 Å². The molecule has 2 N–H and O–H groups in total. The molecule has 0 amide bonds. The number of carboxylic acids is 2. The Hall–Kier alpha value is -7.63. The minimum Gasteiger partial charge on any atom is -0.479 e. The summed E-state index contributed by atoms with van der Waals surface area (Å²) in [5.41, 5.74) is 1.93. The van der Waals surface area contributed by atoms with Crippen LogP contribution in [0.2, 0.25) is 0 Å². The summed E-state index contributed by atoms with van der Waals surface area (Å²) in [4.78, 5) is 60.2. The second kappa shape index (κ2) is 19.0. The van der Waals surface area contributed by atoms with Gasteiger partial charge in [0.1, 0.15) is 11.5 Å². The van der Waals surface area contributed by atoms with E-state index in [9.17, 15) is 42.6 Å². The van der Waals surface area contributed by atoms with Gasteiger partial charge in [0.25, 0.3) is 0 Å². The molecule has 314 valence electrons. The third-order valence-corrected chi connectivity index (χ3v) is 9.23.